The molecule has 0 fully saturated rings. The van der Waals surface area contributed by atoms with Crippen molar-refractivity contribution < 1.29 is 26.0 Å². The smallest absolute Gasteiger partial charge is 0.214 e. The quantitative estimate of drug-likeness (QED) is 0.739. The molecule has 0 aromatic heterocycles. The predicted octanol–water partition coefficient (Wildman–Crippen LogP) is 3.08. The first-order chi connectivity index (χ1) is 7.07. The lowest BCUT2D eigenvalue weighted by Gasteiger charge is -2.09. The molecule has 0 aliphatic heterocycles. The Morgan fingerprint density at radius 3 is 2.12 bits per heavy atom. The van der Waals surface area contributed by atoms with Gasteiger partial charge in [0.05, 0.1) is 4.90 Å². The van der Waals surface area contributed by atoms with Crippen LogP contribution < -0.4 is 0 Å². The van der Waals surface area contributed by atoms with Gasteiger partial charge in [0.1, 0.15) is 5.82 Å². The van der Waals surface area contributed by atoms with E-state index in [1.807, 2.05) is 0 Å². The van der Waals surface area contributed by atoms with Gasteiger partial charge < -0.3 is 0 Å². The third-order valence-electron chi connectivity index (χ3n) is 1.87. The highest BCUT2D eigenvalue weighted by Crippen LogP contribution is 2.33. The molecule has 0 radical (unpaired) electrons. The summed E-state index contributed by atoms with van der Waals surface area (Å²) in [7, 11) is -5.56. The number of sulfone groups is 1. The van der Waals surface area contributed by atoms with Gasteiger partial charge in [0.25, 0.3) is 9.84 Å². The average Bonchev–Trinajstić information content (AvgIpc) is 2.11. The number of hydrogen-bond acceptors (Lipinski definition) is 2. The van der Waals surface area contributed by atoms with Gasteiger partial charge in [-0.1, -0.05) is 11.6 Å². The van der Waals surface area contributed by atoms with E-state index in [1.165, 1.54) is 6.92 Å². The molecule has 1 aromatic carbocycles. The largest absolute Gasteiger partial charge is 0.501 e. The zero-order chi connectivity index (χ0) is 12.7. The van der Waals surface area contributed by atoms with Crippen molar-refractivity contribution in [3.8, 4) is 0 Å². The predicted molar refractivity (Wildman–Crippen MR) is 49.4 cm³/mol. The summed E-state index contributed by atoms with van der Waals surface area (Å²) in [5.74, 6) is -1.10. The maximum atomic E-state index is 13.0. The molecule has 0 unspecified atom stereocenters. The lowest BCUT2D eigenvalue weighted by Crippen LogP contribution is -2.23. The number of benzene rings is 1. The highest BCUT2D eigenvalue weighted by molar-refractivity contribution is 7.92. The summed E-state index contributed by atoms with van der Waals surface area (Å²) in [5, 5.41) is -0.372. The number of rotatable bonds is 1. The van der Waals surface area contributed by atoms with Crippen molar-refractivity contribution in [2.45, 2.75) is 17.3 Å². The number of hydrogen-bond donors (Lipinski definition) is 0. The Kier molecular flexibility index (Phi) is 3.22. The summed E-state index contributed by atoms with van der Waals surface area (Å²) < 4.78 is 71.3. The van der Waals surface area contributed by atoms with Crippen LogP contribution in [0.5, 0.6) is 0 Å². The van der Waals surface area contributed by atoms with Crippen LogP contribution in [-0.4, -0.2) is 13.9 Å². The molecule has 0 N–H and O–H groups in total. The second kappa shape index (κ2) is 3.89. The number of halogens is 5. The third kappa shape index (κ3) is 2.15. The molecule has 0 amide bonds. The third-order valence-corrected chi connectivity index (χ3v) is 3.73. The van der Waals surface area contributed by atoms with E-state index in [0.29, 0.717) is 12.1 Å². The molecular weight excluding hydrogens is 272 g/mol. The highest BCUT2D eigenvalue weighted by Gasteiger charge is 2.47. The van der Waals surface area contributed by atoms with Crippen LogP contribution in [0.3, 0.4) is 0 Å². The molecule has 16 heavy (non-hydrogen) atoms. The van der Waals surface area contributed by atoms with Crippen LogP contribution in [0.25, 0.3) is 0 Å². The fourth-order valence-electron chi connectivity index (χ4n) is 0.911. The van der Waals surface area contributed by atoms with Crippen LogP contribution in [-0.2, 0) is 9.84 Å². The monoisotopic (exact) mass is 276 g/mol. The Hall–Kier alpha value is -0.820. The SMILES string of the molecule is Cc1c(F)cc(S(=O)(=O)C(F)(F)F)cc1Cl. The molecule has 0 aliphatic carbocycles. The molecule has 2 nitrogen and oxygen atoms in total. The van der Waals surface area contributed by atoms with Gasteiger partial charge in [0, 0.05) is 10.6 Å². The summed E-state index contributed by atoms with van der Waals surface area (Å²) in [6, 6.07) is 0.868. The first kappa shape index (κ1) is 13.2. The Bertz CT molecular complexity index is 498. The van der Waals surface area contributed by atoms with Gasteiger partial charge in [0.2, 0.25) is 0 Å². The standard InChI is InChI=1S/C8H5ClF4O2S/c1-4-6(9)2-5(3-7(4)10)16(14,15)8(11,12)13/h2-3H,1H3. The molecule has 0 saturated carbocycles. The van der Waals surface area contributed by atoms with Crippen LogP contribution in [0.2, 0.25) is 5.02 Å². The minimum absolute atomic E-state index is 0.109. The van der Waals surface area contributed by atoms with Crippen LogP contribution in [0.4, 0.5) is 17.6 Å². The molecule has 1 rings (SSSR count). The van der Waals surface area contributed by atoms with Gasteiger partial charge in [-0.05, 0) is 19.1 Å². The maximum absolute atomic E-state index is 13.0. The lowest BCUT2D eigenvalue weighted by molar-refractivity contribution is -0.0436. The van der Waals surface area contributed by atoms with E-state index in [-0.39, 0.29) is 10.6 Å². The van der Waals surface area contributed by atoms with Crippen LogP contribution >= 0.6 is 11.6 Å². The van der Waals surface area contributed by atoms with Crippen molar-refractivity contribution >= 4 is 21.4 Å². The molecule has 8 heteroatoms. The molecule has 0 atom stereocenters. The van der Waals surface area contributed by atoms with Gasteiger partial charge in [0.15, 0.2) is 0 Å². The minimum atomic E-state index is -5.56. The van der Waals surface area contributed by atoms with Crippen molar-refractivity contribution in [1.82, 2.24) is 0 Å². The summed E-state index contributed by atoms with van der Waals surface area (Å²) in [6.45, 7) is 1.22. The van der Waals surface area contributed by atoms with E-state index in [1.54, 1.807) is 0 Å². The van der Waals surface area contributed by atoms with Gasteiger partial charge in [-0.25, -0.2) is 12.8 Å². The van der Waals surface area contributed by atoms with Gasteiger partial charge in [-0.3, -0.25) is 0 Å². The van der Waals surface area contributed by atoms with E-state index in [2.05, 4.69) is 0 Å². The van der Waals surface area contributed by atoms with Gasteiger partial charge in [-0.2, -0.15) is 13.2 Å². The zero-order valence-corrected chi connectivity index (χ0v) is 9.34. The van der Waals surface area contributed by atoms with E-state index in [0.717, 1.165) is 0 Å². The number of alkyl halides is 3. The molecule has 90 valence electrons. The molecule has 0 bridgehead atoms. The second-order valence-corrected chi connectivity index (χ2v) is 5.31. The van der Waals surface area contributed by atoms with E-state index >= 15 is 0 Å². The minimum Gasteiger partial charge on any atom is -0.214 e. The van der Waals surface area contributed by atoms with Gasteiger partial charge in [-0.15, -0.1) is 0 Å². The van der Waals surface area contributed by atoms with Gasteiger partial charge >= 0.3 is 5.51 Å². The second-order valence-electron chi connectivity index (χ2n) is 2.96. The summed E-state index contributed by atoms with van der Waals surface area (Å²) in [6.07, 6.45) is 0. The first-order valence-corrected chi connectivity index (χ1v) is 5.70. The summed E-state index contributed by atoms with van der Waals surface area (Å²) in [4.78, 5) is -1.20. The lowest BCUT2D eigenvalue weighted by atomic mass is 10.2. The van der Waals surface area contributed by atoms with Crippen LogP contribution in [0.1, 0.15) is 5.56 Å². The van der Waals surface area contributed by atoms with E-state index < -0.39 is 26.1 Å². The van der Waals surface area contributed by atoms with Crippen molar-refractivity contribution in [2.75, 3.05) is 0 Å². The van der Waals surface area contributed by atoms with Crippen molar-refractivity contribution in [2.24, 2.45) is 0 Å². The molecule has 0 saturated heterocycles. The van der Waals surface area contributed by atoms with Crippen LogP contribution in [0, 0.1) is 12.7 Å². The van der Waals surface area contributed by atoms with Crippen molar-refractivity contribution in [1.29, 1.82) is 0 Å². The maximum Gasteiger partial charge on any atom is 0.501 e. The first-order valence-electron chi connectivity index (χ1n) is 3.84. The Morgan fingerprint density at radius 1 is 1.25 bits per heavy atom. The molecule has 0 spiro atoms. The Balaban J connectivity index is 3.49. The molecule has 0 heterocycles. The zero-order valence-electron chi connectivity index (χ0n) is 7.77. The van der Waals surface area contributed by atoms with E-state index in [4.69, 9.17) is 11.6 Å². The topological polar surface area (TPSA) is 34.1 Å². The fourth-order valence-corrected chi connectivity index (χ4v) is 1.98. The summed E-state index contributed by atoms with van der Waals surface area (Å²) >= 11 is 5.40. The van der Waals surface area contributed by atoms with Crippen molar-refractivity contribution in [3.05, 3.63) is 28.5 Å². The normalized spacial score (nSPS) is 12.9. The van der Waals surface area contributed by atoms with Crippen LogP contribution in [0.15, 0.2) is 17.0 Å². The van der Waals surface area contributed by atoms with Crippen molar-refractivity contribution in [3.63, 3.8) is 0 Å². The fraction of sp³-hybridized carbons (Fsp3) is 0.250. The van der Waals surface area contributed by atoms with E-state index in [9.17, 15) is 26.0 Å². The highest BCUT2D eigenvalue weighted by atomic mass is 35.5. The molecular formula is C8H5ClF4O2S. The average molecular weight is 277 g/mol. The molecule has 1 aromatic rings. The Labute approximate surface area is 93.8 Å². The molecule has 0 aliphatic rings. The Morgan fingerprint density at radius 2 is 1.75 bits per heavy atom. The summed E-state index contributed by atoms with van der Waals surface area (Å²) in [5.41, 5.74) is -5.58.